The Morgan fingerprint density at radius 3 is 2.76 bits per heavy atom. The van der Waals surface area contributed by atoms with Crippen molar-refractivity contribution in [1.29, 1.82) is 0 Å². The van der Waals surface area contributed by atoms with Crippen molar-refractivity contribution < 1.29 is 9.59 Å². The molecule has 1 aliphatic rings. The SMILES string of the molecule is CC1(C)CCC(NC(=O)CSCC(N)=O)c2ccccc21. The van der Waals surface area contributed by atoms with Crippen molar-refractivity contribution >= 4 is 23.6 Å². The standard InChI is InChI=1S/C16H22N2O2S/c1-16(2)8-7-13(11-5-3-4-6-12(11)16)18-15(20)10-21-9-14(17)19/h3-6,13H,7-10H2,1-2H3,(H2,17,19)(H,18,20). The predicted octanol–water partition coefficient (Wildman–Crippen LogP) is 2.13. The second-order valence-corrected chi connectivity index (χ2v) is 7.07. The van der Waals surface area contributed by atoms with E-state index in [2.05, 4.69) is 31.3 Å². The van der Waals surface area contributed by atoms with Crippen LogP contribution in [0, 0.1) is 0 Å². The van der Waals surface area contributed by atoms with Gasteiger partial charge in [-0.2, -0.15) is 0 Å². The highest BCUT2D eigenvalue weighted by Gasteiger charge is 2.32. The summed E-state index contributed by atoms with van der Waals surface area (Å²) in [4.78, 5) is 22.7. The topological polar surface area (TPSA) is 72.2 Å². The highest BCUT2D eigenvalue weighted by Crippen LogP contribution is 2.41. The lowest BCUT2D eigenvalue weighted by molar-refractivity contribution is -0.119. The van der Waals surface area contributed by atoms with Crippen LogP contribution in [0.1, 0.15) is 43.9 Å². The monoisotopic (exact) mass is 306 g/mol. The molecule has 1 aromatic carbocycles. The van der Waals surface area contributed by atoms with Crippen LogP contribution in [0.25, 0.3) is 0 Å². The fourth-order valence-electron chi connectivity index (χ4n) is 2.84. The van der Waals surface area contributed by atoms with Crippen LogP contribution in [0.3, 0.4) is 0 Å². The van der Waals surface area contributed by atoms with Gasteiger partial charge in [-0.25, -0.2) is 0 Å². The number of primary amides is 1. The molecule has 3 N–H and O–H groups in total. The number of hydrogen-bond acceptors (Lipinski definition) is 3. The van der Waals surface area contributed by atoms with Crippen LogP contribution in [-0.4, -0.2) is 23.3 Å². The summed E-state index contributed by atoms with van der Waals surface area (Å²) in [5, 5.41) is 3.07. The third-order valence-corrected chi connectivity index (χ3v) is 4.89. The number of amides is 2. The zero-order valence-electron chi connectivity index (χ0n) is 12.5. The third-order valence-electron chi connectivity index (χ3n) is 3.94. The van der Waals surface area contributed by atoms with E-state index in [0.717, 1.165) is 12.8 Å². The molecule has 21 heavy (non-hydrogen) atoms. The van der Waals surface area contributed by atoms with E-state index >= 15 is 0 Å². The molecule has 0 aliphatic heterocycles. The Labute approximate surface area is 129 Å². The molecule has 0 aromatic heterocycles. The highest BCUT2D eigenvalue weighted by atomic mass is 32.2. The maximum atomic E-state index is 12.0. The van der Waals surface area contributed by atoms with Gasteiger partial charge in [-0.05, 0) is 29.4 Å². The lowest BCUT2D eigenvalue weighted by atomic mass is 9.71. The molecule has 0 spiro atoms. The van der Waals surface area contributed by atoms with Crippen molar-refractivity contribution in [3.8, 4) is 0 Å². The van der Waals surface area contributed by atoms with E-state index in [4.69, 9.17) is 5.73 Å². The molecule has 0 fully saturated rings. The number of carbonyl (C=O) groups excluding carboxylic acids is 2. The molecule has 0 bridgehead atoms. The minimum Gasteiger partial charge on any atom is -0.369 e. The van der Waals surface area contributed by atoms with Crippen LogP contribution < -0.4 is 11.1 Å². The molecule has 0 heterocycles. The fraction of sp³-hybridized carbons (Fsp3) is 0.500. The van der Waals surface area contributed by atoms with Gasteiger partial charge in [-0.1, -0.05) is 38.1 Å². The molecular weight excluding hydrogens is 284 g/mol. The van der Waals surface area contributed by atoms with Crippen molar-refractivity contribution in [3.63, 3.8) is 0 Å². The van der Waals surface area contributed by atoms with Gasteiger partial charge in [-0.3, -0.25) is 9.59 Å². The third kappa shape index (κ3) is 4.00. The zero-order valence-corrected chi connectivity index (χ0v) is 13.3. The maximum absolute atomic E-state index is 12.0. The van der Waals surface area contributed by atoms with E-state index in [1.54, 1.807) is 0 Å². The van der Waals surface area contributed by atoms with Crippen LogP contribution in [-0.2, 0) is 15.0 Å². The van der Waals surface area contributed by atoms with Crippen molar-refractivity contribution in [2.45, 2.75) is 38.1 Å². The largest absolute Gasteiger partial charge is 0.369 e. The van der Waals surface area contributed by atoms with Crippen LogP contribution in [0.2, 0.25) is 0 Å². The summed E-state index contributed by atoms with van der Waals surface area (Å²) in [7, 11) is 0. The first kappa shape index (κ1) is 15.9. The van der Waals surface area contributed by atoms with Crippen molar-refractivity contribution in [1.82, 2.24) is 5.32 Å². The fourth-order valence-corrected chi connectivity index (χ4v) is 3.41. The molecular formula is C16H22N2O2S. The van der Waals surface area contributed by atoms with Gasteiger partial charge < -0.3 is 11.1 Å². The Morgan fingerprint density at radius 2 is 2.05 bits per heavy atom. The number of nitrogens with one attached hydrogen (secondary N) is 1. The summed E-state index contributed by atoms with van der Waals surface area (Å²) < 4.78 is 0. The van der Waals surface area contributed by atoms with Crippen LogP contribution in [0.5, 0.6) is 0 Å². The maximum Gasteiger partial charge on any atom is 0.230 e. The predicted molar refractivity (Wildman–Crippen MR) is 86.1 cm³/mol. The van der Waals surface area contributed by atoms with Crippen LogP contribution in [0.4, 0.5) is 0 Å². The summed E-state index contributed by atoms with van der Waals surface area (Å²) in [6.07, 6.45) is 1.99. The first-order valence-corrected chi connectivity index (χ1v) is 8.30. The van der Waals surface area contributed by atoms with E-state index < -0.39 is 5.91 Å². The number of benzene rings is 1. The average molecular weight is 306 g/mol. The van der Waals surface area contributed by atoms with Gasteiger partial charge in [0, 0.05) is 0 Å². The number of hydrogen-bond donors (Lipinski definition) is 2. The highest BCUT2D eigenvalue weighted by molar-refractivity contribution is 8.00. The quantitative estimate of drug-likeness (QED) is 0.875. The first-order valence-electron chi connectivity index (χ1n) is 7.15. The van der Waals surface area contributed by atoms with Gasteiger partial charge in [0.25, 0.3) is 0 Å². The molecule has 1 aromatic rings. The Morgan fingerprint density at radius 1 is 1.33 bits per heavy atom. The van der Waals surface area contributed by atoms with Crippen molar-refractivity contribution in [2.75, 3.05) is 11.5 Å². The van der Waals surface area contributed by atoms with Crippen molar-refractivity contribution in [3.05, 3.63) is 35.4 Å². The molecule has 1 unspecified atom stereocenters. The minimum absolute atomic E-state index is 0.0410. The summed E-state index contributed by atoms with van der Waals surface area (Å²) in [5.74, 6) is 0.0190. The average Bonchev–Trinajstić information content (AvgIpc) is 2.42. The zero-order chi connectivity index (χ0) is 15.5. The second-order valence-electron chi connectivity index (χ2n) is 6.09. The van der Waals surface area contributed by atoms with Gasteiger partial charge in [-0.15, -0.1) is 11.8 Å². The molecule has 0 saturated carbocycles. The molecule has 1 aliphatic carbocycles. The number of nitrogens with two attached hydrogens (primary N) is 1. The molecule has 4 nitrogen and oxygen atoms in total. The second kappa shape index (κ2) is 6.52. The van der Waals surface area contributed by atoms with Crippen LogP contribution in [0.15, 0.2) is 24.3 Å². The Kier molecular flexibility index (Phi) is 4.93. The number of rotatable bonds is 5. The Balaban J connectivity index is 2.02. The smallest absolute Gasteiger partial charge is 0.230 e. The van der Waals surface area contributed by atoms with Gasteiger partial charge in [0.1, 0.15) is 0 Å². The molecule has 2 rings (SSSR count). The Hall–Kier alpha value is -1.49. The van der Waals surface area contributed by atoms with E-state index in [1.807, 2.05) is 12.1 Å². The van der Waals surface area contributed by atoms with Gasteiger partial charge in [0.2, 0.25) is 11.8 Å². The van der Waals surface area contributed by atoms with Gasteiger partial charge >= 0.3 is 0 Å². The van der Waals surface area contributed by atoms with E-state index in [1.165, 1.54) is 22.9 Å². The van der Waals surface area contributed by atoms with Crippen molar-refractivity contribution in [2.24, 2.45) is 5.73 Å². The Bertz CT molecular complexity index is 543. The molecule has 5 heteroatoms. The number of fused-ring (bicyclic) bond motifs is 1. The first-order chi connectivity index (χ1) is 9.90. The molecule has 1 atom stereocenters. The van der Waals surface area contributed by atoms with Gasteiger partial charge in [0.05, 0.1) is 17.5 Å². The van der Waals surface area contributed by atoms with Gasteiger partial charge in [0.15, 0.2) is 0 Å². The van der Waals surface area contributed by atoms with E-state index in [-0.39, 0.29) is 28.9 Å². The summed E-state index contributed by atoms with van der Waals surface area (Å²) in [6, 6.07) is 8.37. The number of thioether (sulfide) groups is 1. The minimum atomic E-state index is -0.391. The summed E-state index contributed by atoms with van der Waals surface area (Å²) in [6.45, 7) is 4.49. The van der Waals surface area contributed by atoms with Crippen LogP contribution >= 0.6 is 11.8 Å². The lowest BCUT2D eigenvalue weighted by Crippen LogP contribution is -2.36. The molecule has 0 radical (unpaired) electrons. The number of carbonyl (C=O) groups is 2. The molecule has 114 valence electrons. The van der Waals surface area contributed by atoms with E-state index in [0.29, 0.717) is 0 Å². The molecule has 2 amide bonds. The normalized spacial score (nSPS) is 19.6. The summed E-state index contributed by atoms with van der Waals surface area (Å²) in [5.41, 5.74) is 7.74. The summed E-state index contributed by atoms with van der Waals surface area (Å²) >= 11 is 1.25. The van der Waals surface area contributed by atoms with E-state index in [9.17, 15) is 9.59 Å². The lowest BCUT2D eigenvalue weighted by Gasteiger charge is -2.37. The molecule has 0 saturated heterocycles.